The number of rotatable bonds is 6. The molecule has 0 aromatic rings. The molecular formula is C9H22O2Si. The summed E-state index contributed by atoms with van der Waals surface area (Å²) >= 11 is 0. The van der Waals surface area contributed by atoms with Gasteiger partial charge in [-0.1, -0.05) is 20.8 Å². The van der Waals surface area contributed by atoms with Gasteiger partial charge in [0.1, 0.15) is 10.5 Å². The fraction of sp³-hybridized carbons (Fsp3) is 1.00. The summed E-state index contributed by atoms with van der Waals surface area (Å²) in [5.74, 6) is 0. The van der Waals surface area contributed by atoms with E-state index in [1.807, 2.05) is 0 Å². The summed E-state index contributed by atoms with van der Waals surface area (Å²) < 4.78 is 10.4. The highest BCUT2D eigenvalue weighted by molar-refractivity contribution is 5.97. The molecule has 0 atom stereocenters. The molecule has 0 fully saturated rings. The number of hydrogen-bond donors (Lipinski definition) is 0. The molecule has 0 spiro atoms. The Morgan fingerprint density at radius 2 is 1.75 bits per heavy atom. The van der Waals surface area contributed by atoms with E-state index < -0.39 is 0 Å². The van der Waals surface area contributed by atoms with Crippen LogP contribution in [0.4, 0.5) is 0 Å². The van der Waals surface area contributed by atoms with Crippen molar-refractivity contribution >= 4 is 10.5 Å². The van der Waals surface area contributed by atoms with Gasteiger partial charge in [-0.15, -0.1) is 0 Å². The first-order valence-electron chi connectivity index (χ1n) is 4.63. The monoisotopic (exact) mass is 190 g/mol. The predicted octanol–water partition coefficient (Wildman–Crippen LogP) is 1.13. The summed E-state index contributed by atoms with van der Waals surface area (Å²) in [4.78, 5) is 0. The van der Waals surface area contributed by atoms with Gasteiger partial charge in [0, 0.05) is 6.61 Å². The Kier molecular flexibility index (Phi) is 6.71. The topological polar surface area (TPSA) is 18.5 Å². The molecule has 0 N–H and O–H groups in total. The molecule has 12 heavy (non-hydrogen) atoms. The smallest absolute Gasteiger partial charge is 0.146 e. The van der Waals surface area contributed by atoms with Crippen molar-refractivity contribution in [2.24, 2.45) is 5.41 Å². The van der Waals surface area contributed by atoms with Crippen LogP contribution in [0.1, 0.15) is 33.6 Å². The Morgan fingerprint density at radius 3 is 2.25 bits per heavy atom. The second-order valence-corrected chi connectivity index (χ2v) is 4.85. The highest BCUT2D eigenvalue weighted by atomic mass is 28.2. The van der Waals surface area contributed by atoms with Crippen LogP contribution in [-0.2, 0) is 9.16 Å². The largest absolute Gasteiger partial charge is 0.426 e. The van der Waals surface area contributed by atoms with Gasteiger partial charge in [0.2, 0.25) is 0 Å². The van der Waals surface area contributed by atoms with Crippen molar-refractivity contribution in [3.8, 4) is 0 Å². The minimum absolute atomic E-state index is 0.442. The average Bonchev–Trinajstić information content (AvgIpc) is 1.94. The molecule has 0 unspecified atom stereocenters. The maximum absolute atomic E-state index is 5.37. The Labute approximate surface area is 79.2 Å². The molecule has 3 heteroatoms. The minimum Gasteiger partial charge on any atom is -0.426 e. The zero-order valence-corrected chi connectivity index (χ0v) is 10.9. The molecule has 0 aliphatic heterocycles. The lowest BCUT2D eigenvalue weighted by Gasteiger charge is -2.17. The van der Waals surface area contributed by atoms with Gasteiger partial charge in [-0.2, -0.15) is 0 Å². The Morgan fingerprint density at radius 1 is 1.08 bits per heavy atom. The summed E-state index contributed by atoms with van der Waals surface area (Å²) in [6, 6.07) is 0. The third-order valence-corrected chi connectivity index (χ3v) is 2.06. The van der Waals surface area contributed by atoms with Crippen LogP contribution in [0, 0.1) is 5.41 Å². The van der Waals surface area contributed by atoms with Gasteiger partial charge in [-0.3, -0.25) is 0 Å². The standard InChI is InChI=1S/C9H22O2Si/c1-9(2,3)5-4-6-10-7-8-11-12/h4-8H2,1-3,12H3. The van der Waals surface area contributed by atoms with Crippen LogP contribution < -0.4 is 0 Å². The van der Waals surface area contributed by atoms with Crippen molar-refractivity contribution in [1.82, 2.24) is 0 Å². The summed E-state index contributed by atoms with van der Waals surface area (Å²) in [6.45, 7) is 9.17. The van der Waals surface area contributed by atoms with Crippen LogP contribution in [-0.4, -0.2) is 30.3 Å². The molecule has 0 radical (unpaired) electrons. The zero-order valence-electron chi connectivity index (χ0n) is 8.85. The highest BCUT2D eigenvalue weighted by Crippen LogP contribution is 2.20. The van der Waals surface area contributed by atoms with E-state index in [1.54, 1.807) is 0 Å². The van der Waals surface area contributed by atoms with Crippen molar-refractivity contribution in [1.29, 1.82) is 0 Å². The molecule has 2 nitrogen and oxygen atoms in total. The van der Waals surface area contributed by atoms with Crippen LogP contribution in [0.25, 0.3) is 0 Å². The van der Waals surface area contributed by atoms with E-state index in [0.717, 1.165) is 36.7 Å². The van der Waals surface area contributed by atoms with Gasteiger partial charge in [0.15, 0.2) is 0 Å². The third-order valence-electron chi connectivity index (χ3n) is 1.65. The molecule has 0 aliphatic carbocycles. The number of hydrogen-bond acceptors (Lipinski definition) is 2. The van der Waals surface area contributed by atoms with E-state index in [-0.39, 0.29) is 0 Å². The van der Waals surface area contributed by atoms with Gasteiger partial charge in [0.25, 0.3) is 0 Å². The van der Waals surface area contributed by atoms with E-state index in [1.165, 1.54) is 6.42 Å². The van der Waals surface area contributed by atoms with Crippen LogP contribution in [0.15, 0.2) is 0 Å². The second-order valence-electron chi connectivity index (χ2n) is 4.27. The molecular weight excluding hydrogens is 168 g/mol. The lowest BCUT2D eigenvalue weighted by Crippen LogP contribution is -2.08. The Balaban J connectivity index is 3.01. The van der Waals surface area contributed by atoms with Crippen LogP contribution in [0.2, 0.25) is 0 Å². The van der Waals surface area contributed by atoms with Gasteiger partial charge in [-0.05, 0) is 18.3 Å². The van der Waals surface area contributed by atoms with E-state index in [9.17, 15) is 0 Å². The van der Waals surface area contributed by atoms with Crippen molar-refractivity contribution in [2.75, 3.05) is 19.8 Å². The normalized spacial score (nSPS) is 12.2. The maximum atomic E-state index is 5.37. The fourth-order valence-corrected chi connectivity index (χ4v) is 1.12. The molecule has 0 aromatic carbocycles. The van der Waals surface area contributed by atoms with Gasteiger partial charge < -0.3 is 9.16 Å². The SMILES string of the molecule is CC(C)(C)CCCOCCO[SiH3]. The number of ether oxygens (including phenoxy) is 1. The summed E-state index contributed by atoms with van der Waals surface area (Å²) in [7, 11) is 0.821. The van der Waals surface area contributed by atoms with Crippen molar-refractivity contribution in [2.45, 2.75) is 33.6 Å². The van der Waals surface area contributed by atoms with E-state index in [2.05, 4.69) is 20.8 Å². The van der Waals surface area contributed by atoms with Crippen molar-refractivity contribution in [3.63, 3.8) is 0 Å². The van der Waals surface area contributed by atoms with Crippen molar-refractivity contribution < 1.29 is 9.16 Å². The Bertz CT molecular complexity index is 99.2. The highest BCUT2D eigenvalue weighted by Gasteiger charge is 2.08. The Hall–Kier alpha value is 0.137. The van der Waals surface area contributed by atoms with E-state index in [0.29, 0.717) is 5.41 Å². The molecule has 0 bridgehead atoms. The van der Waals surface area contributed by atoms with Gasteiger partial charge >= 0.3 is 0 Å². The van der Waals surface area contributed by atoms with Crippen LogP contribution in [0.3, 0.4) is 0 Å². The fourth-order valence-electron chi connectivity index (χ4n) is 0.949. The lowest BCUT2D eigenvalue weighted by molar-refractivity contribution is 0.0952. The molecule has 0 aliphatic rings. The summed E-state index contributed by atoms with van der Waals surface area (Å²) in [6.07, 6.45) is 2.39. The molecule has 0 aromatic heterocycles. The van der Waals surface area contributed by atoms with Gasteiger partial charge in [0.05, 0.1) is 13.2 Å². The lowest BCUT2D eigenvalue weighted by atomic mass is 9.91. The first-order valence-corrected chi connectivity index (χ1v) is 5.44. The zero-order chi connectivity index (χ0) is 9.45. The molecule has 74 valence electrons. The molecule has 0 heterocycles. The molecule has 0 saturated heterocycles. The summed E-state index contributed by atoms with van der Waals surface area (Å²) in [5.41, 5.74) is 0.442. The third kappa shape index (κ3) is 10.1. The van der Waals surface area contributed by atoms with Crippen LogP contribution >= 0.6 is 0 Å². The molecule has 0 amide bonds. The molecule has 0 saturated carbocycles. The van der Waals surface area contributed by atoms with E-state index >= 15 is 0 Å². The second kappa shape index (κ2) is 6.63. The van der Waals surface area contributed by atoms with E-state index in [4.69, 9.17) is 9.16 Å². The van der Waals surface area contributed by atoms with Crippen molar-refractivity contribution in [3.05, 3.63) is 0 Å². The van der Waals surface area contributed by atoms with Crippen LogP contribution in [0.5, 0.6) is 0 Å². The first-order chi connectivity index (χ1) is 5.56. The van der Waals surface area contributed by atoms with Gasteiger partial charge in [-0.25, -0.2) is 0 Å². The predicted molar refractivity (Wildman–Crippen MR) is 55.4 cm³/mol. The average molecular weight is 190 g/mol. The molecule has 0 rings (SSSR count). The minimum atomic E-state index is 0.442. The summed E-state index contributed by atoms with van der Waals surface area (Å²) in [5, 5.41) is 0. The maximum Gasteiger partial charge on any atom is 0.146 e. The quantitative estimate of drug-likeness (QED) is 0.462. The first kappa shape index (κ1) is 12.1.